The van der Waals surface area contributed by atoms with Crippen molar-refractivity contribution in [2.24, 2.45) is 0 Å². The van der Waals surface area contributed by atoms with Gasteiger partial charge in [0.1, 0.15) is 0 Å². The molecule has 29 heavy (non-hydrogen) atoms. The summed E-state index contributed by atoms with van der Waals surface area (Å²) in [6, 6.07) is 10.8. The van der Waals surface area contributed by atoms with E-state index in [0.29, 0.717) is 5.56 Å². The van der Waals surface area contributed by atoms with Crippen LogP contribution in [0.5, 0.6) is 0 Å². The lowest BCUT2D eigenvalue weighted by molar-refractivity contribution is -0.385. The number of nitrogens with zero attached hydrogens (tertiary/aromatic N) is 1. The summed E-state index contributed by atoms with van der Waals surface area (Å²) in [5.74, 6) is -2.30. The molecule has 0 atom stereocenters. The molecule has 0 aliphatic carbocycles. The molecular formula is C21H22N2O6. The smallest absolute Gasteiger partial charge is 0.339 e. The molecule has 0 spiro atoms. The molecule has 2 aromatic carbocycles. The Bertz CT molecular complexity index is 958. The van der Waals surface area contributed by atoms with Gasteiger partial charge in [-0.25, -0.2) is 4.79 Å². The number of ether oxygens (including phenoxy) is 1. The summed E-state index contributed by atoms with van der Waals surface area (Å²) in [7, 11) is 0. The first kappa shape index (κ1) is 21.7. The van der Waals surface area contributed by atoms with Gasteiger partial charge < -0.3 is 4.74 Å². The number of nitro benzene ring substituents is 1. The molecule has 152 valence electrons. The molecule has 0 aliphatic rings. The third-order valence-electron chi connectivity index (χ3n) is 4.32. The number of carbonyl (C=O) groups excluding carboxylic acids is 3. The van der Waals surface area contributed by atoms with Crippen LogP contribution in [0, 0.1) is 17.0 Å². The van der Waals surface area contributed by atoms with Crippen LogP contribution in [0.4, 0.5) is 5.69 Å². The van der Waals surface area contributed by atoms with Crippen LogP contribution in [0.15, 0.2) is 42.5 Å². The molecule has 0 fully saturated rings. The number of hydrogen-bond acceptors (Lipinski definition) is 6. The molecule has 0 aromatic heterocycles. The van der Waals surface area contributed by atoms with E-state index in [0.717, 1.165) is 5.56 Å². The Morgan fingerprint density at radius 2 is 1.69 bits per heavy atom. The number of nitro groups is 1. The maximum Gasteiger partial charge on any atom is 0.339 e. The SMILES string of the molecule is Cc1c(C(=O)OCC(=O)NC(=O)c2ccc(C(C)(C)C)cc2)cccc1[N+](=O)[O-]. The fraction of sp³-hybridized carbons (Fsp3) is 0.286. The van der Waals surface area contributed by atoms with Crippen molar-refractivity contribution < 1.29 is 24.0 Å². The van der Waals surface area contributed by atoms with E-state index in [1.807, 2.05) is 32.9 Å². The highest BCUT2D eigenvalue weighted by molar-refractivity contribution is 6.05. The number of hydrogen-bond donors (Lipinski definition) is 1. The van der Waals surface area contributed by atoms with Crippen LogP contribution in [0.1, 0.15) is 52.6 Å². The number of benzene rings is 2. The van der Waals surface area contributed by atoms with E-state index in [1.165, 1.54) is 25.1 Å². The molecule has 0 bridgehead atoms. The first-order chi connectivity index (χ1) is 13.5. The first-order valence-corrected chi connectivity index (χ1v) is 8.86. The average Bonchev–Trinajstić information content (AvgIpc) is 2.65. The van der Waals surface area contributed by atoms with Gasteiger partial charge in [-0.2, -0.15) is 0 Å². The van der Waals surface area contributed by atoms with Crippen LogP contribution < -0.4 is 5.32 Å². The van der Waals surface area contributed by atoms with Crippen molar-refractivity contribution >= 4 is 23.5 Å². The molecule has 1 N–H and O–H groups in total. The summed E-state index contributed by atoms with van der Waals surface area (Å²) in [5, 5.41) is 13.1. The fourth-order valence-electron chi connectivity index (χ4n) is 2.61. The second-order valence-corrected chi connectivity index (χ2v) is 7.49. The van der Waals surface area contributed by atoms with E-state index in [-0.39, 0.29) is 22.2 Å². The van der Waals surface area contributed by atoms with Crippen LogP contribution in [-0.4, -0.2) is 29.3 Å². The maximum absolute atomic E-state index is 12.2. The monoisotopic (exact) mass is 398 g/mol. The van der Waals surface area contributed by atoms with Crippen molar-refractivity contribution in [3.63, 3.8) is 0 Å². The predicted octanol–water partition coefficient (Wildman–Crippen LogP) is 3.31. The molecular weight excluding hydrogens is 376 g/mol. The van der Waals surface area contributed by atoms with Crippen LogP contribution in [0.2, 0.25) is 0 Å². The summed E-state index contributed by atoms with van der Waals surface area (Å²) in [6.45, 7) is 6.86. The zero-order valence-corrected chi connectivity index (χ0v) is 16.6. The van der Waals surface area contributed by atoms with Gasteiger partial charge in [-0.3, -0.25) is 25.0 Å². The van der Waals surface area contributed by atoms with Gasteiger partial charge in [0, 0.05) is 17.2 Å². The van der Waals surface area contributed by atoms with Crippen LogP contribution >= 0.6 is 0 Å². The van der Waals surface area contributed by atoms with Gasteiger partial charge in [0.15, 0.2) is 6.61 Å². The molecule has 2 rings (SSSR count). The van der Waals surface area contributed by atoms with Crippen molar-refractivity contribution in [1.29, 1.82) is 0 Å². The molecule has 2 amide bonds. The molecule has 0 saturated heterocycles. The van der Waals surface area contributed by atoms with Crippen molar-refractivity contribution in [1.82, 2.24) is 5.32 Å². The van der Waals surface area contributed by atoms with Gasteiger partial charge in [-0.1, -0.05) is 39.0 Å². The normalized spacial score (nSPS) is 10.9. The van der Waals surface area contributed by atoms with Crippen molar-refractivity contribution in [3.05, 3.63) is 74.8 Å². The topological polar surface area (TPSA) is 116 Å². The van der Waals surface area contributed by atoms with E-state index in [1.54, 1.807) is 12.1 Å². The Balaban J connectivity index is 1.96. The highest BCUT2D eigenvalue weighted by Crippen LogP contribution is 2.22. The summed E-state index contributed by atoms with van der Waals surface area (Å²) in [5.41, 5.74) is 1.17. The summed E-state index contributed by atoms with van der Waals surface area (Å²) >= 11 is 0. The zero-order chi connectivity index (χ0) is 21.8. The Labute approximate surface area is 168 Å². The Kier molecular flexibility index (Phi) is 6.48. The molecule has 8 nitrogen and oxygen atoms in total. The lowest BCUT2D eigenvalue weighted by Crippen LogP contribution is -2.34. The second-order valence-electron chi connectivity index (χ2n) is 7.49. The predicted molar refractivity (Wildman–Crippen MR) is 106 cm³/mol. The highest BCUT2D eigenvalue weighted by atomic mass is 16.6. The van der Waals surface area contributed by atoms with Crippen molar-refractivity contribution in [2.75, 3.05) is 6.61 Å². The third kappa shape index (κ3) is 5.47. The van der Waals surface area contributed by atoms with Gasteiger partial charge in [0.2, 0.25) is 0 Å². The molecule has 0 radical (unpaired) electrons. The molecule has 0 aliphatic heterocycles. The Hall–Kier alpha value is -3.55. The number of rotatable bonds is 5. The number of esters is 1. The second kappa shape index (κ2) is 8.64. The summed E-state index contributed by atoms with van der Waals surface area (Å²) < 4.78 is 4.88. The molecule has 2 aromatic rings. The van der Waals surface area contributed by atoms with E-state index in [9.17, 15) is 24.5 Å². The molecule has 0 saturated carbocycles. The fourth-order valence-corrected chi connectivity index (χ4v) is 2.61. The molecule has 8 heteroatoms. The van der Waals surface area contributed by atoms with Crippen LogP contribution in [0.3, 0.4) is 0 Å². The van der Waals surface area contributed by atoms with Crippen molar-refractivity contribution in [2.45, 2.75) is 33.1 Å². The Morgan fingerprint density at radius 3 is 2.24 bits per heavy atom. The van der Waals surface area contributed by atoms with Gasteiger partial charge in [-0.15, -0.1) is 0 Å². The van der Waals surface area contributed by atoms with Gasteiger partial charge in [-0.05, 0) is 36.1 Å². The zero-order valence-electron chi connectivity index (χ0n) is 16.6. The third-order valence-corrected chi connectivity index (χ3v) is 4.32. The average molecular weight is 398 g/mol. The van der Waals surface area contributed by atoms with Gasteiger partial charge in [0.25, 0.3) is 17.5 Å². The molecule has 0 heterocycles. The largest absolute Gasteiger partial charge is 0.452 e. The first-order valence-electron chi connectivity index (χ1n) is 8.86. The lowest BCUT2D eigenvalue weighted by atomic mass is 9.87. The highest BCUT2D eigenvalue weighted by Gasteiger charge is 2.20. The Morgan fingerprint density at radius 1 is 1.07 bits per heavy atom. The maximum atomic E-state index is 12.2. The quantitative estimate of drug-likeness (QED) is 0.469. The summed E-state index contributed by atoms with van der Waals surface area (Å²) in [6.07, 6.45) is 0. The number of imide groups is 1. The standard InChI is InChI=1S/C21H22N2O6/c1-13-16(6-5-7-17(13)23(27)28)20(26)29-12-18(24)22-19(25)14-8-10-15(11-9-14)21(2,3)4/h5-11H,12H2,1-4H3,(H,22,24,25). The van der Waals surface area contributed by atoms with Crippen molar-refractivity contribution in [3.8, 4) is 0 Å². The van der Waals surface area contributed by atoms with Crippen LogP contribution in [0.25, 0.3) is 0 Å². The van der Waals surface area contributed by atoms with Gasteiger partial charge in [0.05, 0.1) is 10.5 Å². The van der Waals surface area contributed by atoms with Crippen LogP contribution in [-0.2, 0) is 14.9 Å². The summed E-state index contributed by atoms with van der Waals surface area (Å²) in [4.78, 5) is 46.5. The lowest BCUT2D eigenvalue weighted by Gasteiger charge is -2.19. The number of nitrogens with one attached hydrogen (secondary N) is 1. The minimum Gasteiger partial charge on any atom is -0.452 e. The number of amides is 2. The van der Waals surface area contributed by atoms with E-state index in [2.05, 4.69) is 5.32 Å². The number of carbonyl (C=O) groups is 3. The van der Waals surface area contributed by atoms with Gasteiger partial charge >= 0.3 is 5.97 Å². The van der Waals surface area contributed by atoms with E-state index < -0.39 is 29.3 Å². The molecule has 0 unspecified atom stereocenters. The van der Waals surface area contributed by atoms with E-state index >= 15 is 0 Å². The minimum absolute atomic E-state index is 0.0175. The van der Waals surface area contributed by atoms with E-state index in [4.69, 9.17) is 4.74 Å². The minimum atomic E-state index is -0.886.